The Bertz CT molecular complexity index is 508. The van der Waals surface area contributed by atoms with Crippen LogP contribution in [0.5, 0.6) is 17.2 Å². The number of allylic oxidation sites excluding steroid dienone is 2. The van der Waals surface area contributed by atoms with Crippen molar-refractivity contribution >= 4 is 0 Å². The molecular weight excluding hydrogens is 324 g/mol. The average molecular weight is 363 g/mol. The Hall–Kier alpha value is -1.64. The molecule has 0 saturated carbocycles. The molecule has 0 heterocycles. The van der Waals surface area contributed by atoms with E-state index >= 15 is 0 Å². The Labute approximate surface area is 160 Å². The summed E-state index contributed by atoms with van der Waals surface area (Å²) in [6.07, 6.45) is 19.4. The van der Waals surface area contributed by atoms with E-state index < -0.39 is 0 Å². The predicted octanol–water partition coefficient (Wildman–Crippen LogP) is 6.82. The lowest BCUT2D eigenvalue weighted by Crippen LogP contribution is -1.96. The van der Waals surface area contributed by atoms with Crippen LogP contribution in [0.25, 0.3) is 0 Å². The number of hydrogen-bond acceptors (Lipinski definition) is 3. The number of phenolic OH excluding ortho intramolecular Hbond substituents is 1. The zero-order valence-electron chi connectivity index (χ0n) is 17.1. The molecule has 148 valence electrons. The Morgan fingerprint density at radius 2 is 1.31 bits per heavy atom. The highest BCUT2D eigenvalue weighted by Gasteiger charge is 2.13. The lowest BCUT2D eigenvalue weighted by Gasteiger charge is -2.13. The maximum absolute atomic E-state index is 10.3. The van der Waals surface area contributed by atoms with E-state index in [1.165, 1.54) is 64.2 Å². The van der Waals surface area contributed by atoms with Crippen molar-refractivity contribution < 1.29 is 14.6 Å². The lowest BCUT2D eigenvalue weighted by molar-refractivity contribution is 0.359. The van der Waals surface area contributed by atoms with Crippen LogP contribution in [0.1, 0.15) is 83.1 Å². The second-order valence-corrected chi connectivity index (χ2v) is 6.92. The molecule has 0 fully saturated rings. The number of phenols is 1. The van der Waals surface area contributed by atoms with Gasteiger partial charge in [0.25, 0.3) is 0 Å². The summed E-state index contributed by atoms with van der Waals surface area (Å²) >= 11 is 0. The smallest absolute Gasteiger partial charge is 0.164 e. The maximum Gasteiger partial charge on any atom is 0.164 e. The first-order valence-electron chi connectivity index (χ1n) is 10.3. The fourth-order valence-corrected chi connectivity index (χ4v) is 3.20. The fourth-order valence-electron chi connectivity index (χ4n) is 3.20. The molecule has 0 aliphatic carbocycles. The zero-order valence-corrected chi connectivity index (χ0v) is 17.1. The summed E-state index contributed by atoms with van der Waals surface area (Å²) in [7, 11) is 3.22. The number of benzene rings is 1. The van der Waals surface area contributed by atoms with Crippen molar-refractivity contribution in [3.05, 3.63) is 29.8 Å². The van der Waals surface area contributed by atoms with Crippen molar-refractivity contribution in [3.63, 3.8) is 0 Å². The van der Waals surface area contributed by atoms with Gasteiger partial charge in [-0.05, 0) is 44.2 Å². The lowest BCUT2D eigenvalue weighted by atomic mass is 10.0. The largest absolute Gasteiger partial charge is 0.504 e. The van der Waals surface area contributed by atoms with Crippen LogP contribution in [0.3, 0.4) is 0 Å². The summed E-state index contributed by atoms with van der Waals surface area (Å²) < 4.78 is 10.6. The quantitative estimate of drug-likeness (QED) is 0.275. The van der Waals surface area contributed by atoms with Crippen molar-refractivity contribution in [2.75, 3.05) is 14.2 Å². The van der Waals surface area contributed by atoms with Crippen LogP contribution < -0.4 is 9.47 Å². The molecule has 0 radical (unpaired) electrons. The molecule has 0 atom stereocenters. The minimum Gasteiger partial charge on any atom is -0.504 e. The van der Waals surface area contributed by atoms with Gasteiger partial charge in [0, 0.05) is 5.56 Å². The molecule has 0 unspecified atom stereocenters. The third-order valence-corrected chi connectivity index (χ3v) is 4.83. The molecule has 1 aromatic carbocycles. The van der Waals surface area contributed by atoms with Gasteiger partial charge in [-0.1, -0.05) is 64.0 Å². The van der Waals surface area contributed by atoms with Crippen LogP contribution in [0, 0.1) is 0 Å². The summed E-state index contributed by atoms with van der Waals surface area (Å²) in [6, 6.07) is 3.61. The van der Waals surface area contributed by atoms with Gasteiger partial charge >= 0.3 is 0 Å². The molecule has 26 heavy (non-hydrogen) atoms. The minimum absolute atomic E-state index is 0.221. The van der Waals surface area contributed by atoms with Crippen molar-refractivity contribution in [3.8, 4) is 17.2 Å². The molecule has 0 aliphatic heterocycles. The Morgan fingerprint density at radius 3 is 1.92 bits per heavy atom. The normalized spacial score (nSPS) is 11.2. The molecule has 1 aromatic rings. The van der Waals surface area contributed by atoms with Gasteiger partial charge in [0.1, 0.15) is 5.75 Å². The van der Waals surface area contributed by atoms with E-state index in [2.05, 4.69) is 19.1 Å². The van der Waals surface area contributed by atoms with Gasteiger partial charge < -0.3 is 14.6 Å². The van der Waals surface area contributed by atoms with Crippen LogP contribution >= 0.6 is 0 Å². The molecule has 1 rings (SSSR count). The second-order valence-electron chi connectivity index (χ2n) is 6.92. The fraction of sp³-hybridized carbons (Fsp3) is 0.652. The van der Waals surface area contributed by atoms with Gasteiger partial charge in [0.05, 0.1) is 14.2 Å². The zero-order chi connectivity index (χ0) is 19.0. The van der Waals surface area contributed by atoms with Crippen LogP contribution in [-0.4, -0.2) is 19.3 Å². The Morgan fingerprint density at radius 1 is 0.769 bits per heavy atom. The third-order valence-electron chi connectivity index (χ3n) is 4.83. The van der Waals surface area contributed by atoms with Gasteiger partial charge in [-0.15, -0.1) is 0 Å². The van der Waals surface area contributed by atoms with Gasteiger partial charge in [-0.3, -0.25) is 0 Å². The second kappa shape index (κ2) is 14.5. The van der Waals surface area contributed by atoms with E-state index in [9.17, 15) is 5.11 Å². The highest BCUT2D eigenvalue weighted by Crippen LogP contribution is 2.37. The molecule has 3 nitrogen and oxygen atoms in total. The molecule has 0 aromatic heterocycles. The summed E-state index contributed by atoms with van der Waals surface area (Å²) in [6.45, 7) is 2.24. The molecule has 1 N–H and O–H groups in total. The minimum atomic E-state index is 0.221. The molecule has 3 heteroatoms. The number of rotatable bonds is 15. The van der Waals surface area contributed by atoms with Gasteiger partial charge in [-0.25, -0.2) is 0 Å². The third kappa shape index (κ3) is 8.64. The highest BCUT2D eigenvalue weighted by molar-refractivity contribution is 5.53. The number of hydrogen-bond donors (Lipinski definition) is 1. The van der Waals surface area contributed by atoms with Crippen molar-refractivity contribution in [2.45, 2.75) is 84.0 Å². The molecular formula is C23H38O3. The topological polar surface area (TPSA) is 38.7 Å². The van der Waals surface area contributed by atoms with E-state index in [1.54, 1.807) is 20.3 Å². The molecule has 0 amide bonds. The predicted molar refractivity (Wildman–Crippen MR) is 111 cm³/mol. The molecule has 0 aliphatic rings. The first-order chi connectivity index (χ1) is 12.7. The maximum atomic E-state index is 10.3. The van der Waals surface area contributed by atoms with Crippen LogP contribution in [0.4, 0.5) is 0 Å². The first kappa shape index (κ1) is 22.4. The summed E-state index contributed by atoms with van der Waals surface area (Å²) in [5.74, 6) is 1.48. The van der Waals surface area contributed by atoms with Gasteiger partial charge in [0.15, 0.2) is 11.5 Å². The first-order valence-corrected chi connectivity index (χ1v) is 10.3. The number of unbranched alkanes of at least 4 members (excludes halogenated alkanes) is 9. The standard InChI is InChI=1S/C23H38O3/c1-4-5-6-7-8-9-10-11-12-13-14-15-16-17-20-21(25-2)18-19-22(26-3)23(20)24/h7-8,18-19,24H,4-6,9-17H2,1-3H3. The van der Waals surface area contributed by atoms with E-state index in [-0.39, 0.29) is 5.75 Å². The van der Waals surface area contributed by atoms with Crippen molar-refractivity contribution in [1.82, 2.24) is 0 Å². The summed E-state index contributed by atoms with van der Waals surface area (Å²) in [5, 5.41) is 10.3. The molecule has 0 saturated heterocycles. The number of ether oxygens (including phenoxy) is 2. The SMILES string of the molecule is CCCCC=CCCCCCCCCCc1c(OC)ccc(OC)c1O. The Balaban J connectivity index is 2.12. The summed E-state index contributed by atoms with van der Waals surface area (Å²) in [4.78, 5) is 0. The van der Waals surface area contributed by atoms with Crippen LogP contribution in [-0.2, 0) is 6.42 Å². The molecule has 0 bridgehead atoms. The van der Waals surface area contributed by atoms with Crippen LogP contribution in [0.15, 0.2) is 24.3 Å². The monoisotopic (exact) mass is 362 g/mol. The number of methoxy groups -OCH3 is 2. The van der Waals surface area contributed by atoms with E-state index in [0.717, 1.165) is 24.2 Å². The van der Waals surface area contributed by atoms with Gasteiger partial charge in [-0.2, -0.15) is 0 Å². The van der Waals surface area contributed by atoms with Crippen LogP contribution in [0.2, 0.25) is 0 Å². The number of aromatic hydroxyl groups is 1. The van der Waals surface area contributed by atoms with Crippen molar-refractivity contribution in [2.24, 2.45) is 0 Å². The highest BCUT2D eigenvalue weighted by atomic mass is 16.5. The molecule has 0 spiro atoms. The van der Waals surface area contributed by atoms with Gasteiger partial charge in [0.2, 0.25) is 0 Å². The average Bonchev–Trinajstić information content (AvgIpc) is 2.66. The van der Waals surface area contributed by atoms with E-state index in [4.69, 9.17) is 9.47 Å². The Kier molecular flexibility index (Phi) is 12.5. The van der Waals surface area contributed by atoms with E-state index in [0.29, 0.717) is 5.75 Å². The van der Waals surface area contributed by atoms with E-state index in [1.807, 2.05) is 6.07 Å². The summed E-state index contributed by atoms with van der Waals surface area (Å²) in [5.41, 5.74) is 0.863. The van der Waals surface area contributed by atoms with Crippen molar-refractivity contribution in [1.29, 1.82) is 0 Å².